The number of fused-ring (bicyclic) bond motifs is 1. The van der Waals surface area contributed by atoms with E-state index >= 15 is 0 Å². The molecule has 0 spiro atoms. The lowest BCUT2D eigenvalue weighted by molar-refractivity contribution is -0.164. The minimum Gasteiger partial charge on any atom is -0.490 e. The van der Waals surface area contributed by atoms with E-state index < -0.39 is 17.7 Å². The number of hydrogen-bond donors (Lipinski definition) is 0. The van der Waals surface area contributed by atoms with Crippen LogP contribution in [0.15, 0.2) is 67.8 Å². The number of nitrogens with zero attached hydrogens (tertiary/aromatic N) is 4. The van der Waals surface area contributed by atoms with Crippen LogP contribution in [0, 0.1) is 20.8 Å². The van der Waals surface area contributed by atoms with Crippen molar-refractivity contribution in [2.45, 2.75) is 98.1 Å². The van der Waals surface area contributed by atoms with Crippen LogP contribution in [0.1, 0.15) is 82.4 Å². The fourth-order valence-corrected chi connectivity index (χ4v) is 6.61. The maximum Gasteiger partial charge on any atom is 0.339 e. The molecule has 0 unspecified atom stereocenters. The third kappa shape index (κ3) is 8.54. The van der Waals surface area contributed by atoms with E-state index in [1.807, 2.05) is 50.4 Å². The van der Waals surface area contributed by atoms with Crippen molar-refractivity contribution in [1.29, 1.82) is 0 Å². The minimum atomic E-state index is -1.00. The van der Waals surface area contributed by atoms with Crippen molar-refractivity contribution in [1.82, 2.24) is 14.6 Å². The fraction of sp³-hybridized carbons (Fsp3) is 0.452. The zero-order chi connectivity index (χ0) is 37.1. The molecule has 2 atom stereocenters. The van der Waals surface area contributed by atoms with E-state index in [0.717, 1.165) is 53.2 Å². The number of benzene rings is 2. The summed E-state index contributed by atoms with van der Waals surface area (Å²) in [5.74, 6) is 1.12. The number of anilines is 1. The van der Waals surface area contributed by atoms with Gasteiger partial charge in [-0.25, -0.2) is 9.78 Å². The molecule has 5 rings (SSSR count). The molecule has 2 aromatic carbocycles. The fourth-order valence-electron chi connectivity index (χ4n) is 6.61. The first-order valence-electron chi connectivity index (χ1n) is 17.8. The van der Waals surface area contributed by atoms with Gasteiger partial charge in [0.05, 0.1) is 42.3 Å². The van der Waals surface area contributed by atoms with Crippen LogP contribution in [0.4, 0.5) is 5.82 Å². The van der Waals surface area contributed by atoms with E-state index in [1.165, 1.54) is 18.2 Å². The number of aryl methyl sites for hydroxylation is 3. The normalized spacial score (nSPS) is 15.7. The number of carbonyl (C=O) groups excluding carboxylic acids is 1. The third-order valence-electron chi connectivity index (χ3n) is 9.52. The van der Waals surface area contributed by atoms with Crippen LogP contribution in [-0.4, -0.2) is 64.7 Å². The quantitative estimate of drug-likeness (QED) is 0.101. The first kappa shape index (κ1) is 37.8. The van der Waals surface area contributed by atoms with E-state index in [0.29, 0.717) is 36.6 Å². The molecule has 272 valence electrons. The number of piperidine rings is 1. The number of ether oxygens (including phenoxy) is 4. The van der Waals surface area contributed by atoms with Crippen LogP contribution in [0.3, 0.4) is 0 Å². The zero-order valence-electron chi connectivity index (χ0n) is 31.8. The predicted octanol–water partition coefficient (Wildman–Crippen LogP) is 8.92. The SMILES string of the molecule is C=CCOC1(C)CCN(c2c([C@H](OC(C)(C)C)C(=O)OC)c(C)nc3cc(-c4cccc(-c5cc(C)c(C)cc5O[C@@H](C)CC=C)c4)nn23)CC1. The Kier molecular flexibility index (Phi) is 11.4. The average Bonchev–Trinajstić information content (AvgIpc) is 3.51. The minimum absolute atomic E-state index is 0.0100. The molecule has 1 saturated heterocycles. The van der Waals surface area contributed by atoms with Crippen LogP contribution >= 0.6 is 0 Å². The Morgan fingerprint density at radius 1 is 1.02 bits per heavy atom. The zero-order valence-corrected chi connectivity index (χ0v) is 31.8. The largest absolute Gasteiger partial charge is 0.490 e. The van der Waals surface area contributed by atoms with Gasteiger partial charge in [-0.05, 0) is 103 Å². The smallest absolute Gasteiger partial charge is 0.339 e. The van der Waals surface area contributed by atoms with Gasteiger partial charge in [0.25, 0.3) is 0 Å². The average molecular weight is 695 g/mol. The van der Waals surface area contributed by atoms with Crippen molar-refractivity contribution in [2.24, 2.45) is 0 Å². The molecular weight excluding hydrogens is 640 g/mol. The Balaban J connectivity index is 1.65. The van der Waals surface area contributed by atoms with Crippen molar-refractivity contribution >= 4 is 17.4 Å². The molecule has 0 bridgehead atoms. The topological polar surface area (TPSA) is 87.4 Å². The number of rotatable bonds is 13. The molecule has 0 N–H and O–H groups in total. The van der Waals surface area contributed by atoms with Crippen LogP contribution in [0.25, 0.3) is 28.0 Å². The second kappa shape index (κ2) is 15.4. The molecule has 2 aromatic heterocycles. The first-order chi connectivity index (χ1) is 24.2. The van der Waals surface area contributed by atoms with Crippen LogP contribution in [0.2, 0.25) is 0 Å². The Bertz CT molecular complexity index is 1900. The van der Waals surface area contributed by atoms with Gasteiger partial charge in [0.15, 0.2) is 11.8 Å². The van der Waals surface area contributed by atoms with Crippen LogP contribution < -0.4 is 9.64 Å². The lowest BCUT2D eigenvalue weighted by Crippen LogP contribution is -2.45. The summed E-state index contributed by atoms with van der Waals surface area (Å²) >= 11 is 0. The van der Waals surface area contributed by atoms with E-state index in [1.54, 1.807) is 6.08 Å². The molecule has 0 amide bonds. The second-order valence-electron chi connectivity index (χ2n) is 14.9. The van der Waals surface area contributed by atoms with Gasteiger partial charge in [-0.15, -0.1) is 13.2 Å². The molecule has 0 saturated carbocycles. The Labute approximate surface area is 303 Å². The monoisotopic (exact) mass is 694 g/mol. The third-order valence-corrected chi connectivity index (χ3v) is 9.52. The van der Waals surface area contributed by atoms with Gasteiger partial charge in [-0.2, -0.15) is 9.61 Å². The van der Waals surface area contributed by atoms with Crippen molar-refractivity contribution in [2.75, 3.05) is 31.7 Å². The van der Waals surface area contributed by atoms with Crippen LogP contribution in [-0.2, 0) is 19.0 Å². The molecule has 0 aliphatic carbocycles. The van der Waals surface area contributed by atoms with Crippen LogP contribution in [0.5, 0.6) is 5.75 Å². The summed E-state index contributed by atoms with van der Waals surface area (Å²) in [5.41, 5.74) is 7.19. The number of hydrogen-bond acceptors (Lipinski definition) is 8. The van der Waals surface area contributed by atoms with E-state index in [4.69, 9.17) is 29.0 Å². The Hall–Kier alpha value is -4.47. The van der Waals surface area contributed by atoms with E-state index in [9.17, 15) is 4.79 Å². The summed E-state index contributed by atoms with van der Waals surface area (Å²) < 4.78 is 26.2. The van der Waals surface area contributed by atoms with Gasteiger partial charge in [0, 0.05) is 42.4 Å². The Morgan fingerprint density at radius 3 is 2.35 bits per heavy atom. The molecule has 51 heavy (non-hydrogen) atoms. The predicted molar refractivity (Wildman–Crippen MR) is 205 cm³/mol. The summed E-state index contributed by atoms with van der Waals surface area (Å²) in [7, 11) is 1.39. The maximum atomic E-state index is 13.4. The summed E-state index contributed by atoms with van der Waals surface area (Å²) in [4.78, 5) is 20.7. The van der Waals surface area contributed by atoms with Gasteiger partial charge < -0.3 is 23.8 Å². The molecular formula is C42H54N4O5. The molecule has 0 radical (unpaired) electrons. The van der Waals surface area contributed by atoms with Crippen molar-refractivity contribution in [3.05, 3.63) is 90.2 Å². The summed E-state index contributed by atoms with van der Waals surface area (Å²) in [5, 5.41) is 5.19. The molecule has 1 aliphatic heterocycles. The highest BCUT2D eigenvalue weighted by Crippen LogP contribution is 2.40. The maximum absolute atomic E-state index is 13.4. The van der Waals surface area contributed by atoms with Crippen molar-refractivity contribution in [3.63, 3.8) is 0 Å². The number of esters is 1. The molecule has 1 fully saturated rings. The van der Waals surface area contributed by atoms with Gasteiger partial charge >= 0.3 is 5.97 Å². The van der Waals surface area contributed by atoms with Gasteiger partial charge in [-0.3, -0.25) is 0 Å². The van der Waals surface area contributed by atoms with Gasteiger partial charge in [-0.1, -0.05) is 30.4 Å². The second-order valence-corrected chi connectivity index (χ2v) is 14.9. The molecule has 9 heteroatoms. The van der Waals surface area contributed by atoms with Gasteiger partial charge in [0.2, 0.25) is 0 Å². The lowest BCUT2D eigenvalue weighted by Gasteiger charge is -2.41. The molecule has 4 aromatic rings. The highest BCUT2D eigenvalue weighted by atomic mass is 16.6. The first-order valence-corrected chi connectivity index (χ1v) is 17.8. The number of aromatic nitrogens is 3. The van der Waals surface area contributed by atoms with Crippen molar-refractivity contribution < 1.29 is 23.7 Å². The van der Waals surface area contributed by atoms with Gasteiger partial charge in [0.1, 0.15) is 11.6 Å². The molecule has 9 nitrogen and oxygen atoms in total. The molecule has 1 aliphatic rings. The van der Waals surface area contributed by atoms with Crippen molar-refractivity contribution in [3.8, 4) is 28.1 Å². The number of methoxy groups -OCH3 is 1. The molecule has 3 heterocycles. The lowest BCUT2D eigenvalue weighted by atomic mass is 9.92. The summed E-state index contributed by atoms with van der Waals surface area (Å²) in [6, 6.07) is 14.7. The highest BCUT2D eigenvalue weighted by molar-refractivity contribution is 5.81. The van der Waals surface area contributed by atoms with E-state index in [-0.39, 0.29) is 11.7 Å². The standard InChI is InChI=1S/C42H54N4O5/c1-12-15-29(5)50-35-24-28(4)27(3)23-33(35)31-16-14-17-32(25-31)34-26-36-43-30(6)37(38(40(47)48-11)51-41(7,8)9)39(46(36)44-34)45-20-18-42(10,19-21-45)49-22-13-2/h12-14,16-17,23-26,29,38H,1-2,15,18-22H2,3-11H3/t29-,38-/m0/s1. The summed E-state index contributed by atoms with van der Waals surface area (Å²) in [6.07, 6.45) is 4.97. The highest BCUT2D eigenvalue weighted by Gasteiger charge is 2.38. The Morgan fingerprint density at radius 2 is 1.71 bits per heavy atom. The van der Waals surface area contributed by atoms with E-state index in [2.05, 4.69) is 76.1 Å². The number of carbonyl (C=O) groups is 1. The summed E-state index contributed by atoms with van der Waals surface area (Å²) in [6.45, 7) is 25.7.